The molecule has 0 aromatic carbocycles. The van der Waals surface area contributed by atoms with Gasteiger partial charge in [-0.3, -0.25) is 0 Å². The minimum absolute atomic E-state index is 0.810. The Morgan fingerprint density at radius 3 is 1.50 bits per heavy atom. The maximum Gasteiger partial charge on any atom is 0.0647 e. The molecular weight excluding hydrogens is 244 g/mol. The summed E-state index contributed by atoms with van der Waals surface area (Å²) in [6.07, 6.45) is 26.6. The highest BCUT2D eigenvalue weighted by atomic mass is 16.5. The summed E-state index contributed by atoms with van der Waals surface area (Å²) in [5, 5.41) is 0. The van der Waals surface area contributed by atoms with Crippen molar-refractivity contribution in [2.75, 3.05) is 13.2 Å². The summed E-state index contributed by atoms with van der Waals surface area (Å²) in [5.41, 5.74) is 0. The van der Waals surface area contributed by atoms with E-state index in [1.807, 2.05) is 0 Å². The minimum atomic E-state index is 0.810. The van der Waals surface area contributed by atoms with Crippen LogP contribution in [0.25, 0.3) is 0 Å². The number of ether oxygens (including phenoxy) is 1. The van der Waals surface area contributed by atoms with Gasteiger partial charge in [0.25, 0.3) is 0 Å². The van der Waals surface area contributed by atoms with Crippen LogP contribution in [0.15, 0.2) is 24.3 Å². The van der Waals surface area contributed by atoms with E-state index in [0.29, 0.717) is 0 Å². The van der Waals surface area contributed by atoms with Crippen molar-refractivity contribution >= 4 is 0 Å². The standard InChI is InChI=1S/C19H34O/c1-2-4-6-8-10-12-14-16-18-20-19-17-15-13-11-9-7-5-3-1/h2,4,15,17H,1,3,5-14,16,18-19H2/b4-2+,17-15+. The summed E-state index contributed by atoms with van der Waals surface area (Å²) < 4.78 is 5.62. The highest BCUT2D eigenvalue weighted by Crippen LogP contribution is 2.10. The smallest absolute Gasteiger partial charge is 0.0647 e. The number of allylic oxidation sites excluding steroid dienone is 3. The van der Waals surface area contributed by atoms with Gasteiger partial charge in [0, 0.05) is 6.61 Å². The van der Waals surface area contributed by atoms with E-state index in [9.17, 15) is 0 Å². The van der Waals surface area contributed by atoms with Crippen LogP contribution in [0.1, 0.15) is 83.5 Å². The molecule has 1 heterocycles. The van der Waals surface area contributed by atoms with Gasteiger partial charge in [0.15, 0.2) is 0 Å². The lowest BCUT2D eigenvalue weighted by atomic mass is 10.1. The number of rotatable bonds is 0. The van der Waals surface area contributed by atoms with Crippen LogP contribution in [0.5, 0.6) is 0 Å². The molecule has 0 unspecified atom stereocenters. The second kappa shape index (κ2) is 14.8. The van der Waals surface area contributed by atoms with Crippen LogP contribution < -0.4 is 0 Å². The zero-order valence-corrected chi connectivity index (χ0v) is 13.3. The Hall–Kier alpha value is -0.560. The van der Waals surface area contributed by atoms with Crippen LogP contribution in [-0.4, -0.2) is 13.2 Å². The quantitative estimate of drug-likeness (QED) is 0.479. The highest BCUT2D eigenvalue weighted by Gasteiger charge is 1.92. The lowest BCUT2D eigenvalue weighted by molar-refractivity contribution is 0.157. The molecule has 116 valence electrons. The van der Waals surface area contributed by atoms with Crippen LogP contribution in [-0.2, 0) is 4.74 Å². The molecule has 0 radical (unpaired) electrons. The van der Waals surface area contributed by atoms with Gasteiger partial charge in [-0.25, -0.2) is 0 Å². The monoisotopic (exact) mass is 278 g/mol. The van der Waals surface area contributed by atoms with E-state index in [1.54, 1.807) is 0 Å². The van der Waals surface area contributed by atoms with Crippen LogP contribution in [0.2, 0.25) is 0 Å². The highest BCUT2D eigenvalue weighted by molar-refractivity contribution is 4.82. The number of hydrogen-bond acceptors (Lipinski definition) is 1. The fourth-order valence-corrected chi connectivity index (χ4v) is 2.62. The molecule has 20 heavy (non-hydrogen) atoms. The maximum absolute atomic E-state index is 5.62. The van der Waals surface area contributed by atoms with Crippen molar-refractivity contribution in [3.05, 3.63) is 24.3 Å². The van der Waals surface area contributed by atoms with E-state index in [1.165, 1.54) is 83.5 Å². The van der Waals surface area contributed by atoms with E-state index >= 15 is 0 Å². The molecule has 0 aliphatic carbocycles. The Kier molecular flexibility index (Phi) is 13.0. The summed E-state index contributed by atoms with van der Waals surface area (Å²) in [6, 6.07) is 0. The summed E-state index contributed by atoms with van der Waals surface area (Å²) in [7, 11) is 0. The molecule has 1 aliphatic heterocycles. The minimum Gasteiger partial charge on any atom is -0.377 e. The van der Waals surface area contributed by atoms with Gasteiger partial charge in [0.05, 0.1) is 6.61 Å². The Labute approximate surface area is 126 Å². The second-order valence-corrected chi connectivity index (χ2v) is 5.92. The van der Waals surface area contributed by atoms with E-state index in [4.69, 9.17) is 4.74 Å². The van der Waals surface area contributed by atoms with Crippen LogP contribution in [0.4, 0.5) is 0 Å². The SMILES string of the molecule is C1=C/CCCCCCCOC/C=C/CCCCCCC/1. The van der Waals surface area contributed by atoms with E-state index in [2.05, 4.69) is 24.3 Å². The summed E-state index contributed by atoms with van der Waals surface area (Å²) >= 11 is 0. The normalized spacial score (nSPS) is 25.6. The Balaban J connectivity index is 2.11. The Morgan fingerprint density at radius 2 is 0.900 bits per heavy atom. The Morgan fingerprint density at radius 1 is 0.450 bits per heavy atom. The third kappa shape index (κ3) is 12.5. The molecule has 0 atom stereocenters. The first kappa shape index (κ1) is 17.5. The largest absolute Gasteiger partial charge is 0.377 e. The van der Waals surface area contributed by atoms with E-state index in [-0.39, 0.29) is 0 Å². The third-order valence-corrected chi connectivity index (χ3v) is 3.95. The lowest BCUT2D eigenvalue weighted by Crippen LogP contribution is -1.94. The average molecular weight is 278 g/mol. The molecule has 1 heteroatoms. The van der Waals surface area contributed by atoms with Gasteiger partial charge in [0.2, 0.25) is 0 Å². The van der Waals surface area contributed by atoms with Gasteiger partial charge in [0.1, 0.15) is 0 Å². The lowest BCUT2D eigenvalue weighted by Gasteiger charge is -2.02. The summed E-state index contributed by atoms with van der Waals surface area (Å²) in [5.74, 6) is 0. The van der Waals surface area contributed by atoms with Crippen molar-refractivity contribution in [2.24, 2.45) is 0 Å². The second-order valence-electron chi connectivity index (χ2n) is 5.92. The molecule has 1 rings (SSSR count). The molecule has 0 N–H and O–H groups in total. The molecule has 0 bridgehead atoms. The Bertz CT molecular complexity index is 218. The zero-order chi connectivity index (χ0) is 14.1. The fourth-order valence-electron chi connectivity index (χ4n) is 2.62. The molecular formula is C19H34O. The van der Waals surface area contributed by atoms with Crippen molar-refractivity contribution < 1.29 is 4.74 Å². The van der Waals surface area contributed by atoms with Crippen LogP contribution >= 0.6 is 0 Å². The first-order valence-electron chi connectivity index (χ1n) is 8.88. The van der Waals surface area contributed by atoms with Crippen molar-refractivity contribution in [3.8, 4) is 0 Å². The fraction of sp³-hybridized carbons (Fsp3) is 0.789. The molecule has 1 nitrogen and oxygen atoms in total. The van der Waals surface area contributed by atoms with Gasteiger partial charge < -0.3 is 4.74 Å². The van der Waals surface area contributed by atoms with Crippen LogP contribution in [0, 0.1) is 0 Å². The molecule has 0 saturated carbocycles. The predicted octanol–water partition coefficient (Wildman–Crippen LogP) is 6.20. The van der Waals surface area contributed by atoms with Crippen LogP contribution in [0.3, 0.4) is 0 Å². The molecule has 1 aliphatic rings. The molecule has 0 aromatic rings. The van der Waals surface area contributed by atoms with Crippen molar-refractivity contribution in [3.63, 3.8) is 0 Å². The van der Waals surface area contributed by atoms with E-state index in [0.717, 1.165) is 13.2 Å². The van der Waals surface area contributed by atoms with Gasteiger partial charge >= 0.3 is 0 Å². The molecule has 0 saturated heterocycles. The summed E-state index contributed by atoms with van der Waals surface area (Å²) in [4.78, 5) is 0. The first-order chi connectivity index (χ1) is 10.0. The van der Waals surface area contributed by atoms with Gasteiger partial charge in [-0.05, 0) is 44.9 Å². The van der Waals surface area contributed by atoms with Gasteiger partial charge in [-0.2, -0.15) is 0 Å². The van der Waals surface area contributed by atoms with Gasteiger partial charge in [-0.1, -0.05) is 62.8 Å². The van der Waals surface area contributed by atoms with Crippen molar-refractivity contribution in [1.82, 2.24) is 0 Å². The first-order valence-corrected chi connectivity index (χ1v) is 8.88. The predicted molar refractivity (Wildman–Crippen MR) is 89.1 cm³/mol. The van der Waals surface area contributed by atoms with Gasteiger partial charge in [-0.15, -0.1) is 0 Å². The summed E-state index contributed by atoms with van der Waals surface area (Å²) in [6.45, 7) is 1.75. The van der Waals surface area contributed by atoms with Crippen molar-refractivity contribution in [2.45, 2.75) is 83.5 Å². The zero-order valence-electron chi connectivity index (χ0n) is 13.3. The molecule has 0 aromatic heterocycles. The molecule has 0 spiro atoms. The van der Waals surface area contributed by atoms with E-state index < -0.39 is 0 Å². The third-order valence-electron chi connectivity index (χ3n) is 3.95. The average Bonchev–Trinajstić information content (AvgIpc) is 2.46. The molecule has 0 amide bonds. The molecule has 0 fully saturated rings. The topological polar surface area (TPSA) is 9.23 Å². The maximum atomic E-state index is 5.62. The van der Waals surface area contributed by atoms with Crippen molar-refractivity contribution in [1.29, 1.82) is 0 Å². The number of hydrogen-bond donors (Lipinski definition) is 0.